The summed E-state index contributed by atoms with van der Waals surface area (Å²) in [6, 6.07) is 7.75. The molecule has 19 heavy (non-hydrogen) atoms. The molecular weight excluding hydrogens is 238 g/mol. The van der Waals surface area contributed by atoms with Gasteiger partial charge in [-0.25, -0.2) is 0 Å². The van der Waals surface area contributed by atoms with Gasteiger partial charge in [0.15, 0.2) is 0 Å². The van der Waals surface area contributed by atoms with Crippen molar-refractivity contribution in [2.24, 2.45) is 5.73 Å². The van der Waals surface area contributed by atoms with Gasteiger partial charge in [0.2, 0.25) is 0 Å². The van der Waals surface area contributed by atoms with Crippen LogP contribution in [0.1, 0.15) is 41.2 Å². The van der Waals surface area contributed by atoms with Crippen molar-refractivity contribution in [1.82, 2.24) is 0 Å². The molecule has 0 amide bonds. The SMILES string of the molecule is CCOc1cccc(C(N)c2c(C)oc(C)c2C)c1. The van der Waals surface area contributed by atoms with Gasteiger partial charge in [0.25, 0.3) is 0 Å². The molecule has 0 radical (unpaired) electrons. The third-order valence-corrected chi connectivity index (χ3v) is 3.46. The first kappa shape index (κ1) is 13.7. The Morgan fingerprint density at radius 1 is 1.21 bits per heavy atom. The molecule has 0 aliphatic carbocycles. The summed E-state index contributed by atoms with van der Waals surface area (Å²) in [6.07, 6.45) is 0. The zero-order chi connectivity index (χ0) is 14.0. The molecule has 0 bridgehead atoms. The highest BCUT2D eigenvalue weighted by Gasteiger charge is 2.19. The van der Waals surface area contributed by atoms with E-state index in [0.717, 1.165) is 34.0 Å². The van der Waals surface area contributed by atoms with Crippen molar-refractivity contribution in [3.05, 3.63) is 52.5 Å². The number of hydrogen-bond donors (Lipinski definition) is 1. The lowest BCUT2D eigenvalue weighted by atomic mass is 9.96. The first-order valence-electron chi connectivity index (χ1n) is 6.59. The molecule has 0 aliphatic rings. The standard InChI is InChI=1S/C16H21NO2/c1-5-18-14-8-6-7-13(9-14)16(17)15-10(2)11(3)19-12(15)4/h6-9,16H,5,17H2,1-4H3. The monoisotopic (exact) mass is 259 g/mol. The van der Waals surface area contributed by atoms with Gasteiger partial charge in [-0.2, -0.15) is 0 Å². The Morgan fingerprint density at radius 3 is 2.53 bits per heavy atom. The van der Waals surface area contributed by atoms with E-state index >= 15 is 0 Å². The van der Waals surface area contributed by atoms with Gasteiger partial charge in [-0.3, -0.25) is 0 Å². The molecule has 1 unspecified atom stereocenters. The fraction of sp³-hybridized carbons (Fsp3) is 0.375. The van der Waals surface area contributed by atoms with Gasteiger partial charge < -0.3 is 14.9 Å². The van der Waals surface area contributed by atoms with Crippen LogP contribution in [0.2, 0.25) is 0 Å². The fourth-order valence-corrected chi connectivity index (χ4v) is 2.40. The predicted octanol–water partition coefficient (Wildman–Crippen LogP) is 3.65. The van der Waals surface area contributed by atoms with Gasteiger partial charge in [0, 0.05) is 5.56 Å². The van der Waals surface area contributed by atoms with Crippen LogP contribution < -0.4 is 10.5 Å². The average Bonchev–Trinajstić information content (AvgIpc) is 2.63. The molecule has 0 aliphatic heterocycles. The smallest absolute Gasteiger partial charge is 0.119 e. The first-order valence-corrected chi connectivity index (χ1v) is 6.59. The van der Waals surface area contributed by atoms with E-state index in [4.69, 9.17) is 14.9 Å². The van der Waals surface area contributed by atoms with E-state index in [1.54, 1.807) is 0 Å². The number of aryl methyl sites for hydroxylation is 2. The molecule has 0 saturated heterocycles. The summed E-state index contributed by atoms with van der Waals surface area (Å²) in [7, 11) is 0. The average molecular weight is 259 g/mol. The molecule has 3 heteroatoms. The van der Waals surface area contributed by atoms with Crippen molar-refractivity contribution in [3.8, 4) is 5.75 Å². The van der Waals surface area contributed by atoms with E-state index in [-0.39, 0.29) is 6.04 Å². The molecule has 1 aromatic heterocycles. The van der Waals surface area contributed by atoms with Gasteiger partial charge in [0.05, 0.1) is 12.6 Å². The van der Waals surface area contributed by atoms with Crippen molar-refractivity contribution in [2.75, 3.05) is 6.61 Å². The van der Waals surface area contributed by atoms with E-state index in [1.165, 1.54) is 0 Å². The molecule has 0 saturated carbocycles. The van der Waals surface area contributed by atoms with Gasteiger partial charge in [-0.05, 0) is 51.0 Å². The van der Waals surface area contributed by atoms with Crippen LogP contribution in [0.15, 0.2) is 28.7 Å². The van der Waals surface area contributed by atoms with E-state index in [0.29, 0.717) is 6.61 Å². The molecular formula is C16H21NO2. The lowest BCUT2D eigenvalue weighted by molar-refractivity contribution is 0.340. The van der Waals surface area contributed by atoms with Crippen LogP contribution in [-0.4, -0.2) is 6.61 Å². The minimum atomic E-state index is -0.183. The van der Waals surface area contributed by atoms with Crippen molar-refractivity contribution >= 4 is 0 Å². The van der Waals surface area contributed by atoms with Crippen molar-refractivity contribution in [2.45, 2.75) is 33.7 Å². The van der Waals surface area contributed by atoms with Crippen LogP contribution in [0.3, 0.4) is 0 Å². The number of furan rings is 1. The van der Waals surface area contributed by atoms with Crippen molar-refractivity contribution in [1.29, 1.82) is 0 Å². The van der Waals surface area contributed by atoms with Gasteiger partial charge >= 0.3 is 0 Å². The molecule has 0 spiro atoms. The third-order valence-electron chi connectivity index (χ3n) is 3.46. The Hall–Kier alpha value is -1.74. The Morgan fingerprint density at radius 2 is 1.95 bits per heavy atom. The van der Waals surface area contributed by atoms with Crippen LogP contribution >= 0.6 is 0 Å². The molecule has 1 heterocycles. The Balaban J connectivity index is 2.38. The minimum absolute atomic E-state index is 0.183. The van der Waals surface area contributed by atoms with Gasteiger partial charge in [0.1, 0.15) is 17.3 Å². The van der Waals surface area contributed by atoms with Crippen molar-refractivity contribution in [3.63, 3.8) is 0 Å². The summed E-state index contributed by atoms with van der Waals surface area (Å²) in [5.41, 5.74) is 9.63. The van der Waals surface area contributed by atoms with Crippen LogP contribution in [0.25, 0.3) is 0 Å². The van der Waals surface area contributed by atoms with Crippen molar-refractivity contribution < 1.29 is 9.15 Å². The molecule has 2 aromatic rings. The number of ether oxygens (including phenoxy) is 1. The summed E-state index contributed by atoms with van der Waals surface area (Å²) in [4.78, 5) is 0. The van der Waals surface area contributed by atoms with E-state index in [9.17, 15) is 0 Å². The molecule has 3 nitrogen and oxygen atoms in total. The normalized spacial score (nSPS) is 12.5. The number of benzene rings is 1. The lowest BCUT2D eigenvalue weighted by Crippen LogP contribution is -2.13. The maximum Gasteiger partial charge on any atom is 0.119 e. The Kier molecular flexibility index (Phi) is 3.96. The minimum Gasteiger partial charge on any atom is -0.494 e. The molecule has 102 valence electrons. The number of nitrogens with two attached hydrogens (primary N) is 1. The maximum atomic E-state index is 6.38. The highest BCUT2D eigenvalue weighted by molar-refractivity contribution is 5.42. The third kappa shape index (κ3) is 2.66. The summed E-state index contributed by atoms with van der Waals surface area (Å²) in [6.45, 7) is 8.60. The summed E-state index contributed by atoms with van der Waals surface area (Å²) >= 11 is 0. The predicted molar refractivity (Wildman–Crippen MR) is 76.6 cm³/mol. The molecule has 1 aromatic carbocycles. The Bertz CT molecular complexity index is 572. The first-order chi connectivity index (χ1) is 9.04. The highest BCUT2D eigenvalue weighted by Crippen LogP contribution is 2.31. The molecule has 1 atom stereocenters. The van der Waals surface area contributed by atoms with Gasteiger partial charge in [-0.15, -0.1) is 0 Å². The summed E-state index contributed by atoms with van der Waals surface area (Å²) in [5, 5.41) is 0. The van der Waals surface area contributed by atoms with Gasteiger partial charge in [-0.1, -0.05) is 12.1 Å². The zero-order valence-corrected chi connectivity index (χ0v) is 12.0. The maximum absolute atomic E-state index is 6.38. The fourth-order valence-electron chi connectivity index (χ4n) is 2.40. The lowest BCUT2D eigenvalue weighted by Gasteiger charge is -2.14. The molecule has 0 fully saturated rings. The van der Waals surface area contributed by atoms with E-state index < -0.39 is 0 Å². The quantitative estimate of drug-likeness (QED) is 0.911. The van der Waals surface area contributed by atoms with Crippen LogP contribution in [0.5, 0.6) is 5.75 Å². The van der Waals surface area contributed by atoms with Crippen LogP contribution in [0, 0.1) is 20.8 Å². The summed E-state index contributed by atoms with van der Waals surface area (Å²) < 4.78 is 11.2. The number of hydrogen-bond acceptors (Lipinski definition) is 3. The largest absolute Gasteiger partial charge is 0.494 e. The molecule has 2 N–H and O–H groups in total. The topological polar surface area (TPSA) is 48.4 Å². The van der Waals surface area contributed by atoms with Crippen LogP contribution in [0.4, 0.5) is 0 Å². The second kappa shape index (κ2) is 5.49. The number of rotatable bonds is 4. The van der Waals surface area contributed by atoms with E-state index in [1.807, 2.05) is 52.0 Å². The Labute approximate surface area is 114 Å². The zero-order valence-electron chi connectivity index (χ0n) is 12.0. The second-order valence-corrected chi connectivity index (χ2v) is 4.74. The summed E-state index contributed by atoms with van der Waals surface area (Å²) in [5.74, 6) is 2.68. The van der Waals surface area contributed by atoms with Crippen LogP contribution in [-0.2, 0) is 0 Å². The second-order valence-electron chi connectivity index (χ2n) is 4.74. The highest BCUT2D eigenvalue weighted by atomic mass is 16.5. The van der Waals surface area contributed by atoms with E-state index in [2.05, 4.69) is 0 Å². The molecule has 2 rings (SSSR count).